The molecule has 0 spiro atoms. The second-order valence-corrected chi connectivity index (χ2v) is 32.6. The van der Waals surface area contributed by atoms with Crippen molar-refractivity contribution in [1.29, 1.82) is 0 Å². The van der Waals surface area contributed by atoms with E-state index in [1.807, 2.05) is 0 Å². The first-order valence-electron chi connectivity index (χ1n) is 45.2. The lowest BCUT2D eigenvalue weighted by Crippen LogP contribution is -2.29. The molecule has 0 rings (SSSR count). The van der Waals surface area contributed by atoms with E-state index >= 15 is 0 Å². The average molecular weight is 1420 g/mol. The van der Waals surface area contributed by atoms with Gasteiger partial charge >= 0.3 is 19.8 Å². The highest BCUT2D eigenvalue weighted by atomic mass is 31.2. The molecule has 2 unspecified atom stereocenters. The third-order valence-electron chi connectivity index (χ3n) is 21.2. The van der Waals surface area contributed by atoms with Crippen molar-refractivity contribution in [2.24, 2.45) is 5.73 Å². The molecule has 0 bridgehead atoms. The van der Waals surface area contributed by atoms with Gasteiger partial charge in [0.15, 0.2) is 6.10 Å². The number of nitrogens with two attached hydrogens (primary N) is 1. The van der Waals surface area contributed by atoms with Gasteiger partial charge in [0.2, 0.25) is 0 Å². The third-order valence-corrected chi connectivity index (χ3v) is 22.1. The molecule has 3 N–H and O–H groups in total. The number of carbonyl (C=O) groups is 2. The van der Waals surface area contributed by atoms with E-state index in [1.54, 1.807) is 0 Å². The van der Waals surface area contributed by atoms with Crippen LogP contribution in [0.3, 0.4) is 0 Å². The molecule has 0 saturated carbocycles. The van der Waals surface area contributed by atoms with Crippen LogP contribution in [0.2, 0.25) is 0 Å². The van der Waals surface area contributed by atoms with Gasteiger partial charge in [0, 0.05) is 19.4 Å². The summed E-state index contributed by atoms with van der Waals surface area (Å²) < 4.78 is 33.4. The Morgan fingerprint density at radius 1 is 0.293 bits per heavy atom. The molecule has 9 nitrogen and oxygen atoms in total. The minimum atomic E-state index is -4.39. The number of allylic oxidation sites excluding steroid dienone is 2. The summed E-state index contributed by atoms with van der Waals surface area (Å²) in [6, 6.07) is 0. The van der Waals surface area contributed by atoms with Crippen molar-refractivity contribution in [3.8, 4) is 0 Å². The summed E-state index contributed by atoms with van der Waals surface area (Å²) in [7, 11) is -4.39. The lowest BCUT2D eigenvalue weighted by atomic mass is 10.0. The van der Waals surface area contributed by atoms with Crippen LogP contribution in [-0.2, 0) is 32.7 Å². The minimum absolute atomic E-state index is 0.0585. The molecule has 0 radical (unpaired) electrons. The zero-order chi connectivity index (χ0) is 71.5. The maximum absolute atomic E-state index is 12.8. The van der Waals surface area contributed by atoms with Crippen molar-refractivity contribution in [3.05, 3.63) is 12.2 Å². The highest BCUT2D eigenvalue weighted by molar-refractivity contribution is 7.47. The Kier molecular flexibility index (Phi) is 84.6. The Balaban J connectivity index is 3.67. The van der Waals surface area contributed by atoms with E-state index < -0.39 is 26.5 Å². The van der Waals surface area contributed by atoms with Crippen LogP contribution in [0.5, 0.6) is 0 Å². The lowest BCUT2D eigenvalue weighted by molar-refractivity contribution is -0.161. The summed E-state index contributed by atoms with van der Waals surface area (Å²) >= 11 is 0. The minimum Gasteiger partial charge on any atom is -0.462 e. The number of unbranched alkanes of at least 4 members (excludes halogenated alkanes) is 73. The van der Waals surface area contributed by atoms with Crippen LogP contribution in [0.15, 0.2) is 12.2 Å². The second kappa shape index (κ2) is 85.7. The number of ether oxygens (including phenoxy) is 2. The van der Waals surface area contributed by atoms with Crippen molar-refractivity contribution in [2.45, 2.75) is 521 Å². The Hall–Kier alpha value is -1.25. The molecule has 0 amide bonds. The van der Waals surface area contributed by atoms with E-state index in [2.05, 4.69) is 26.0 Å². The number of esters is 2. The van der Waals surface area contributed by atoms with E-state index in [-0.39, 0.29) is 32.1 Å². The van der Waals surface area contributed by atoms with E-state index in [9.17, 15) is 19.0 Å². The Bertz CT molecular complexity index is 1630. The summed E-state index contributed by atoms with van der Waals surface area (Å²) in [4.78, 5) is 35.5. The van der Waals surface area contributed by atoms with Crippen LogP contribution in [0.25, 0.3) is 0 Å². The molecule has 0 fully saturated rings. The number of rotatable bonds is 88. The SMILES string of the molecule is CCCCCCCCCC/C=C\CCCCCCCCCCCCCCCCCCCCCCCCCCCCCCCC(=O)OC(COC(=O)CCCCCCCCCCCCCCCCCCCCCCCCCCCCCCCCCCCCCCC)COP(=O)(O)OCCN. The first-order chi connectivity index (χ1) is 48.8. The van der Waals surface area contributed by atoms with Crippen molar-refractivity contribution in [1.82, 2.24) is 0 Å². The second-order valence-electron chi connectivity index (χ2n) is 31.2. The van der Waals surface area contributed by atoms with Crippen LogP contribution in [0, 0.1) is 0 Å². The molecule has 0 aromatic carbocycles. The molecule has 0 heterocycles. The highest BCUT2D eigenvalue weighted by Gasteiger charge is 2.26. The molecule has 2 atom stereocenters. The average Bonchev–Trinajstić information content (AvgIpc) is 1.19. The van der Waals surface area contributed by atoms with Gasteiger partial charge in [-0.1, -0.05) is 475 Å². The Morgan fingerprint density at radius 3 is 0.717 bits per heavy atom. The van der Waals surface area contributed by atoms with Gasteiger partial charge in [-0.2, -0.15) is 0 Å². The summed E-state index contributed by atoms with van der Waals surface area (Å²) in [6.45, 7) is 3.86. The maximum atomic E-state index is 12.8. The molecule has 99 heavy (non-hydrogen) atoms. The number of phosphoric ester groups is 1. The lowest BCUT2D eigenvalue weighted by Gasteiger charge is -2.19. The van der Waals surface area contributed by atoms with Crippen LogP contribution < -0.4 is 5.73 Å². The molecule has 0 aliphatic carbocycles. The fourth-order valence-corrected chi connectivity index (χ4v) is 15.2. The highest BCUT2D eigenvalue weighted by Crippen LogP contribution is 2.43. The molecule has 590 valence electrons. The zero-order valence-corrected chi connectivity index (χ0v) is 67.9. The number of phosphoric acid groups is 1. The first-order valence-corrected chi connectivity index (χ1v) is 46.7. The predicted molar refractivity (Wildman–Crippen MR) is 432 cm³/mol. The number of hydrogen-bond donors (Lipinski definition) is 2. The van der Waals surface area contributed by atoms with Crippen molar-refractivity contribution in [3.63, 3.8) is 0 Å². The van der Waals surface area contributed by atoms with E-state index in [4.69, 9.17) is 24.3 Å². The molecule has 10 heteroatoms. The van der Waals surface area contributed by atoms with Gasteiger partial charge < -0.3 is 20.1 Å². The van der Waals surface area contributed by atoms with Crippen molar-refractivity contribution >= 4 is 19.8 Å². The maximum Gasteiger partial charge on any atom is 0.472 e. The molecular weight excluding hydrogens is 1240 g/mol. The van der Waals surface area contributed by atoms with Gasteiger partial charge in [0.05, 0.1) is 13.2 Å². The van der Waals surface area contributed by atoms with E-state index in [0.29, 0.717) is 12.8 Å². The van der Waals surface area contributed by atoms with Gasteiger partial charge in [0.1, 0.15) is 6.61 Å². The molecular formula is C89H176NO8P. The van der Waals surface area contributed by atoms with Gasteiger partial charge in [-0.05, 0) is 38.5 Å². The van der Waals surface area contributed by atoms with Crippen molar-refractivity contribution < 1.29 is 37.6 Å². The predicted octanol–water partition coefficient (Wildman–Crippen LogP) is 30.6. The fourth-order valence-electron chi connectivity index (χ4n) is 14.5. The Morgan fingerprint density at radius 2 is 0.495 bits per heavy atom. The van der Waals surface area contributed by atoms with Crippen LogP contribution in [0.4, 0.5) is 0 Å². The van der Waals surface area contributed by atoms with Gasteiger partial charge in [0.25, 0.3) is 0 Å². The first kappa shape index (κ1) is 97.8. The molecule has 0 aromatic rings. The zero-order valence-electron chi connectivity index (χ0n) is 67.0. The molecule has 0 aliphatic rings. The van der Waals surface area contributed by atoms with E-state index in [0.717, 1.165) is 32.1 Å². The summed E-state index contributed by atoms with van der Waals surface area (Å²) in [5, 5.41) is 0. The monoisotopic (exact) mass is 1420 g/mol. The summed E-state index contributed by atoms with van der Waals surface area (Å²) in [5.74, 6) is -0.793. The van der Waals surface area contributed by atoms with Crippen molar-refractivity contribution in [2.75, 3.05) is 26.4 Å². The largest absolute Gasteiger partial charge is 0.472 e. The summed E-state index contributed by atoms with van der Waals surface area (Å²) in [5.41, 5.74) is 5.43. The fraction of sp³-hybridized carbons (Fsp3) is 0.955. The van der Waals surface area contributed by atoms with Crippen LogP contribution in [-0.4, -0.2) is 49.3 Å². The van der Waals surface area contributed by atoms with Crippen LogP contribution >= 0.6 is 7.82 Å². The number of hydrogen-bond acceptors (Lipinski definition) is 8. The topological polar surface area (TPSA) is 134 Å². The standard InChI is InChI=1S/C89H176NO8P/c1-3-5-7-9-11-13-15-17-19-21-23-25-27-29-31-33-35-37-39-41-42-43-44-46-48-50-52-54-56-58-60-62-64-66-68-70-72-74-76-78-80-82-89(92)98-87(86-97-99(93,94)96-84-83-90)85-95-88(91)81-79-77-75-73-71-69-67-65-63-61-59-57-55-53-51-49-47-45-40-38-36-34-32-30-28-26-24-22-20-18-16-14-12-10-8-6-4-2/h21,23,87H,3-20,22,24-86,90H2,1-2H3,(H,93,94)/b23-21-. The van der Waals surface area contributed by atoms with Gasteiger partial charge in [-0.15, -0.1) is 0 Å². The van der Waals surface area contributed by atoms with Crippen LogP contribution in [0.1, 0.15) is 515 Å². The smallest absolute Gasteiger partial charge is 0.462 e. The normalized spacial score (nSPS) is 12.7. The third kappa shape index (κ3) is 85.6. The summed E-state index contributed by atoms with van der Waals surface area (Å²) in [6.07, 6.45) is 108. The molecule has 0 saturated heterocycles. The quantitative estimate of drug-likeness (QED) is 0.0264. The van der Waals surface area contributed by atoms with E-state index in [1.165, 1.54) is 449 Å². The molecule has 0 aromatic heterocycles. The van der Waals surface area contributed by atoms with Gasteiger partial charge in [-0.3, -0.25) is 18.6 Å². The number of carbonyl (C=O) groups excluding carboxylic acids is 2. The molecule has 0 aliphatic heterocycles. The van der Waals surface area contributed by atoms with Gasteiger partial charge in [-0.25, -0.2) is 4.57 Å². The Labute approximate surface area is 619 Å².